The molecule has 1 heterocycles. The topological polar surface area (TPSA) is 34.1 Å². The molecule has 3 nitrogen and oxygen atoms in total. The Hall–Kier alpha value is -1.23. The Morgan fingerprint density at radius 2 is 1.94 bits per heavy atom. The predicted octanol–water partition coefficient (Wildman–Crippen LogP) is 3.63. The number of hydrogen-bond donors (Lipinski definition) is 1. The highest BCUT2D eigenvalue weighted by Gasteiger charge is 2.10. The van der Waals surface area contributed by atoms with Gasteiger partial charge in [-0.05, 0) is 20.8 Å². The molecule has 0 aliphatic carbocycles. The monoisotopic (exact) mass is 262 g/mol. The number of nitrogens with one attached hydrogen (secondary N) is 1. The average Bonchev–Trinajstić information content (AvgIpc) is 2.77. The Balaban J connectivity index is 1.95. The van der Waals surface area contributed by atoms with Crippen molar-refractivity contribution in [1.82, 2.24) is 10.5 Å². The maximum Gasteiger partial charge on any atom is 0.109 e. The molecule has 0 bridgehead atoms. The van der Waals surface area contributed by atoms with Gasteiger partial charge in [0, 0.05) is 10.9 Å². The molecule has 0 aliphatic heterocycles. The molecule has 96 valence electrons. The summed E-state index contributed by atoms with van der Waals surface area (Å²) in [5.74, 6) is 0. The summed E-state index contributed by atoms with van der Waals surface area (Å²) in [6.07, 6.45) is 0. The van der Waals surface area contributed by atoms with Gasteiger partial charge in [0.15, 0.2) is 0 Å². The highest BCUT2D eigenvalue weighted by molar-refractivity contribution is 7.09. The molecule has 0 atom stereocenters. The zero-order valence-corrected chi connectivity index (χ0v) is 11.8. The van der Waals surface area contributed by atoms with Crippen LogP contribution in [0.4, 0.5) is 0 Å². The van der Waals surface area contributed by atoms with E-state index in [1.165, 1.54) is 0 Å². The summed E-state index contributed by atoms with van der Waals surface area (Å²) >= 11 is 1.64. The number of nitrogens with zero attached hydrogens (tertiary/aromatic N) is 1. The van der Waals surface area contributed by atoms with Crippen molar-refractivity contribution in [3.05, 3.63) is 40.7 Å². The first kappa shape index (κ1) is 13.2. The smallest absolute Gasteiger partial charge is 0.109 e. The van der Waals surface area contributed by atoms with Crippen molar-refractivity contribution in [3.8, 4) is 11.3 Å². The van der Waals surface area contributed by atoms with Gasteiger partial charge in [-0.1, -0.05) is 30.3 Å². The quantitative estimate of drug-likeness (QED) is 0.854. The normalized spacial score (nSPS) is 11.7. The van der Waals surface area contributed by atoms with Crippen LogP contribution in [0.25, 0.3) is 11.3 Å². The SMILES string of the molecule is CC(C)(C)ONCc1nc(-c2ccccc2)cs1. The minimum Gasteiger partial charge on any atom is -0.296 e. The van der Waals surface area contributed by atoms with Crippen LogP contribution in [0.3, 0.4) is 0 Å². The summed E-state index contributed by atoms with van der Waals surface area (Å²) in [6, 6.07) is 10.2. The van der Waals surface area contributed by atoms with E-state index < -0.39 is 0 Å². The third kappa shape index (κ3) is 3.91. The minimum atomic E-state index is -0.181. The van der Waals surface area contributed by atoms with Crippen LogP contribution < -0.4 is 5.48 Å². The molecule has 0 amide bonds. The fourth-order valence-corrected chi connectivity index (χ4v) is 2.18. The molecule has 0 spiro atoms. The zero-order valence-electron chi connectivity index (χ0n) is 10.9. The van der Waals surface area contributed by atoms with E-state index in [2.05, 4.69) is 28.0 Å². The first-order valence-electron chi connectivity index (χ1n) is 5.95. The second kappa shape index (κ2) is 5.61. The van der Waals surface area contributed by atoms with Gasteiger partial charge in [0.25, 0.3) is 0 Å². The molecule has 0 fully saturated rings. The van der Waals surface area contributed by atoms with E-state index >= 15 is 0 Å². The van der Waals surface area contributed by atoms with Gasteiger partial charge in [-0.15, -0.1) is 11.3 Å². The summed E-state index contributed by atoms with van der Waals surface area (Å²) in [5.41, 5.74) is 4.94. The van der Waals surface area contributed by atoms with E-state index in [0.29, 0.717) is 6.54 Å². The number of hydrogen-bond acceptors (Lipinski definition) is 4. The van der Waals surface area contributed by atoms with Crippen LogP contribution in [-0.2, 0) is 11.4 Å². The van der Waals surface area contributed by atoms with Crippen LogP contribution in [0.5, 0.6) is 0 Å². The van der Waals surface area contributed by atoms with Crippen molar-refractivity contribution in [2.45, 2.75) is 32.9 Å². The number of rotatable bonds is 4. The van der Waals surface area contributed by atoms with Gasteiger partial charge in [-0.25, -0.2) is 4.98 Å². The second-order valence-corrected chi connectivity index (χ2v) is 5.97. The summed E-state index contributed by atoms with van der Waals surface area (Å²) in [5, 5.41) is 3.10. The lowest BCUT2D eigenvalue weighted by atomic mass is 10.2. The van der Waals surface area contributed by atoms with Crippen LogP contribution in [-0.4, -0.2) is 10.6 Å². The highest BCUT2D eigenvalue weighted by Crippen LogP contribution is 2.21. The minimum absolute atomic E-state index is 0.181. The van der Waals surface area contributed by atoms with E-state index in [1.54, 1.807) is 11.3 Å². The molecule has 2 rings (SSSR count). The Kier molecular flexibility index (Phi) is 4.11. The summed E-state index contributed by atoms with van der Waals surface area (Å²) < 4.78 is 0. The van der Waals surface area contributed by atoms with Crippen LogP contribution in [0.15, 0.2) is 35.7 Å². The maximum absolute atomic E-state index is 5.46. The number of aromatic nitrogens is 1. The molecule has 1 aromatic heterocycles. The van der Waals surface area contributed by atoms with E-state index in [-0.39, 0.29) is 5.60 Å². The largest absolute Gasteiger partial charge is 0.296 e. The van der Waals surface area contributed by atoms with Crippen molar-refractivity contribution >= 4 is 11.3 Å². The number of benzene rings is 1. The molecular weight excluding hydrogens is 244 g/mol. The third-order valence-electron chi connectivity index (χ3n) is 2.22. The van der Waals surface area contributed by atoms with Crippen molar-refractivity contribution in [2.24, 2.45) is 0 Å². The van der Waals surface area contributed by atoms with Crippen molar-refractivity contribution in [1.29, 1.82) is 0 Å². The summed E-state index contributed by atoms with van der Waals surface area (Å²) in [4.78, 5) is 10.0. The number of thiazole rings is 1. The van der Waals surface area contributed by atoms with E-state index in [0.717, 1.165) is 16.3 Å². The molecule has 4 heteroatoms. The molecular formula is C14H18N2OS. The molecule has 1 N–H and O–H groups in total. The van der Waals surface area contributed by atoms with E-state index in [9.17, 15) is 0 Å². The van der Waals surface area contributed by atoms with Crippen LogP contribution in [0.2, 0.25) is 0 Å². The lowest BCUT2D eigenvalue weighted by Gasteiger charge is -2.18. The van der Waals surface area contributed by atoms with Crippen molar-refractivity contribution < 1.29 is 4.84 Å². The standard InChI is InChI=1S/C14H18N2OS/c1-14(2,3)17-15-9-13-16-12(10-18-13)11-7-5-4-6-8-11/h4-8,10,15H,9H2,1-3H3. The third-order valence-corrected chi connectivity index (χ3v) is 3.07. The molecule has 0 saturated heterocycles. The van der Waals surface area contributed by atoms with Crippen molar-refractivity contribution in [3.63, 3.8) is 0 Å². The molecule has 0 radical (unpaired) electrons. The van der Waals surface area contributed by atoms with Gasteiger partial charge in [0.1, 0.15) is 5.01 Å². The maximum atomic E-state index is 5.46. The van der Waals surface area contributed by atoms with Gasteiger partial charge < -0.3 is 0 Å². The molecule has 0 aliphatic rings. The molecule has 1 aromatic carbocycles. The first-order chi connectivity index (χ1) is 8.54. The zero-order chi connectivity index (χ0) is 13.0. The second-order valence-electron chi connectivity index (χ2n) is 5.03. The summed E-state index contributed by atoms with van der Waals surface area (Å²) in [6.45, 7) is 6.67. The highest BCUT2D eigenvalue weighted by atomic mass is 32.1. The molecule has 18 heavy (non-hydrogen) atoms. The van der Waals surface area contributed by atoms with Crippen LogP contribution >= 0.6 is 11.3 Å². The van der Waals surface area contributed by atoms with Crippen LogP contribution in [0, 0.1) is 0 Å². The van der Waals surface area contributed by atoms with Crippen molar-refractivity contribution in [2.75, 3.05) is 0 Å². The van der Waals surface area contributed by atoms with E-state index in [4.69, 9.17) is 4.84 Å². The Labute approximate surface area is 112 Å². The van der Waals surface area contributed by atoms with Gasteiger partial charge >= 0.3 is 0 Å². The fraction of sp³-hybridized carbons (Fsp3) is 0.357. The van der Waals surface area contributed by atoms with Gasteiger partial charge in [-0.3, -0.25) is 4.84 Å². The van der Waals surface area contributed by atoms with Gasteiger partial charge in [0.2, 0.25) is 0 Å². The predicted molar refractivity (Wildman–Crippen MR) is 75.2 cm³/mol. The lowest BCUT2D eigenvalue weighted by molar-refractivity contribution is -0.0757. The molecule has 0 saturated carbocycles. The van der Waals surface area contributed by atoms with Gasteiger partial charge in [-0.2, -0.15) is 5.48 Å². The molecule has 2 aromatic rings. The van der Waals surface area contributed by atoms with Crippen LogP contribution in [0.1, 0.15) is 25.8 Å². The fourth-order valence-electron chi connectivity index (χ4n) is 1.45. The molecule has 0 unspecified atom stereocenters. The summed E-state index contributed by atoms with van der Waals surface area (Å²) in [7, 11) is 0. The lowest BCUT2D eigenvalue weighted by Crippen LogP contribution is -2.28. The Bertz CT molecular complexity index is 488. The average molecular weight is 262 g/mol. The first-order valence-corrected chi connectivity index (χ1v) is 6.83. The van der Waals surface area contributed by atoms with E-state index in [1.807, 2.05) is 39.0 Å². The van der Waals surface area contributed by atoms with Gasteiger partial charge in [0.05, 0.1) is 17.8 Å². The number of hydroxylamine groups is 1. The Morgan fingerprint density at radius 3 is 2.61 bits per heavy atom. The Morgan fingerprint density at radius 1 is 1.22 bits per heavy atom.